The molecule has 1 fully saturated rings. The fourth-order valence-electron chi connectivity index (χ4n) is 2.32. The minimum absolute atomic E-state index is 0.474. The molecule has 4 heteroatoms. The summed E-state index contributed by atoms with van der Waals surface area (Å²) in [7, 11) is 0. The van der Waals surface area contributed by atoms with E-state index in [1.165, 1.54) is 25.9 Å². The highest BCUT2D eigenvalue weighted by atomic mass is 16.3. The second-order valence-corrected chi connectivity index (χ2v) is 6.31. The predicted molar refractivity (Wildman–Crippen MR) is 76.9 cm³/mol. The predicted octanol–water partition coefficient (Wildman–Crippen LogP) is 0.809. The van der Waals surface area contributed by atoms with Crippen molar-refractivity contribution in [3.8, 4) is 0 Å². The van der Waals surface area contributed by atoms with Gasteiger partial charge in [0, 0.05) is 44.8 Å². The van der Waals surface area contributed by atoms with Crippen LogP contribution in [-0.4, -0.2) is 60.4 Å². The Hall–Kier alpha value is -0.160. The van der Waals surface area contributed by atoms with Crippen molar-refractivity contribution in [2.24, 2.45) is 0 Å². The molecule has 1 aliphatic rings. The molecule has 0 saturated carbocycles. The summed E-state index contributed by atoms with van der Waals surface area (Å²) in [6.07, 6.45) is 2.39. The van der Waals surface area contributed by atoms with E-state index in [2.05, 4.69) is 29.4 Å². The van der Waals surface area contributed by atoms with Crippen LogP contribution in [0.5, 0.6) is 0 Å². The van der Waals surface area contributed by atoms with Crippen LogP contribution in [-0.2, 0) is 0 Å². The van der Waals surface area contributed by atoms with Gasteiger partial charge in [0.2, 0.25) is 0 Å². The molecule has 0 spiro atoms. The molecule has 108 valence electrons. The molecule has 3 N–H and O–H groups in total. The van der Waals surface area contributed by atoms with E-state index in [0.29, 0.717) is 18.6 Å². The highest BCUT2D eigenvalue weighted by Gasteiger charge is 2.18. The molecule has 0 aromatic rings. The van der Waals surface area contributed by atoms with E-state index in [0.717, 1.165) is 13.1 Å². The van der Waals surface area contributed by atoms with Crippen molar-refractivity contribution in [2.45, 2.75) is 58.2 Å². The maximum atomic E-state index is 9.67. The molecule has 4 nitrogen and oxygen atoms in total. The minimum Gasteiger partial charge on any atom is -0.389 e. The second kappa shape index (κ2) is 7.43. The summed E-state index contributed by atoms with van der Waals surface area (Å²) < 4.78 is 0. The van der Waals surface area contributed by atoms with Crippen molar-refractivity contribution >= 4 is 0 Å². The Morgan fingerprint density at radius 2 is 1.83 bits per heavy atom. The number of nitrogens with one attached hydrogen (secondary N) is 2. The maximum Gasteiger partial charge on any atom is 0.0715 e. The first-order chi connectivity index (χ1) is 8.38. The van der Waals surface area contributed by atoms with Crippen molar-refractivity contribution in [2.75, 3.05) is 32.7 Å². The van der Waals surface area contributed by atoms with E-state index in [9.17, 15) is 5.11 Å². The molecule has 1 saturated heterocycles. The molecule has 1 heterocycles. The molecule has 0 aliphatic carbocycles. The Kier molecular flexibility index (Phi) is 6.57. The average molecular weight is 257 g/mol. The number of rotatable bonds is 7. The molecule has 2 unspecified atom stereocenters. The zero-order chi connectivity index (χ0) is 13.6. The first kappa shape index (κ1) is 15.9. The molecule has 0 aromatic carbocycles. The molecule has 0 radical (unpaired) electrons. The van der Waals surface area contributed by atoms with Crippen LogP contribution in [0.25, 0.3) is 0 Å². The summed E-state index contributed by atoms with van der Waals surface area (Å²) >= 11 is 0. The molecule has 1 rings (SSSR count). The maximum absolute atomic E-state index is 9.67. The smallest absolute Gasteiger partial charge is 0.0715 e. The zero-order valence-corrected chi connectivity index (χ0v) is 12.5. The van der Waals surface area contributed by atoms with Gasteiger partial charge < -0.3 is 15.7 Å². The summed E-state index contributed by atoms with van der Waals surface area (Å²) in [6, 6.07) is 1.14. The minimum atomic E-state index is -0.613. The normalized spacial score (nSPS) is 21.8. The highest BCUT2D eigenvalue weighted by Crippen LogP contribution is 2.10. The van der Waals surface area contributed by atoms with E-state index in [-0.39, 0.29) is 0 Å². The van der Waals surface area contributed by atoms with E-state index >= 15 is 0 Å². The number of nitrogens with zero attached hydrogens (tertiary/aromatic N) is 1. The molecule has 1 aliphatic heterocycles. The summed E-state index contributed by atoms with van der Waals surface area (Å²) in [5.74, 6) is 0. The third-order valence-electron chi connectivity index (χ3n) is 3.68. The first-order valence-electron chi connectivity index (χ1n) is 7.29. The van der Waals surface area contributed by atoms with Gasteiger partial charge in [0.25, 0.3) is 0 Å². The van der Waals surface area contributed by atoms with Crippen LogP contribution in [0.2, 0.25) is 0 Å². The van der Waals surface area contributed by atoms with Crippen molar-refractivity contribution < 1.29 is 5.11 Å². The molecule has 18 heavy (non-hydrogen) atoms. The molecule has 0 aromatic heterocycles. The Balaban J connectivity index is 2.14. The lowest BCUT2D eigenvalue weighted by molar-refractivity contribution is 0.0760. The van der Waals surface area contributed by atoms with Crippen molar-refractivity contribution in [1.29, 1.82) is 0 Å². The van der Waals surface area contributed by atoms with E-state index in [1.54, 1.807) is 0 Å². The van der Waals surface area contributed by atoms with Crippen LogP contribution in [0.15, 0.2) is 0 Å². The van der Waals surface area contributed by atoms with Gasteiger partial charge in [0.15, 0.2) is 0 Å². The number of piperazine rings is 1. The standard InChI is InChI=1S/C14H31N3O/c1-12(16-11-14(3,4)18)5-6-13(2)17-9-7-15-8-10-17/h12-13,15-16,18H,5-11H2,1-4H3. The van der Waals surface area contributed by atoms with Crippen molar-refractivity contribution in [3.05, 3.63) is 0 Å². The second-order valence-electron chi connectivity index (χ2n) is 6.31. The first-order valence-corrected chi connectivity index (χ1v) is 7.29. The molecule has 0 amide bonds. The topological polar surface area (TPSA) is 47.5 Å². The summed E-state index contributed by atoms with van der Waals surface area (Å²) in [5.41, 5.74) is -0.613. The van der Waals surface area contributed by atoms with E-state index in [4.69, 9.17) is 0 Å². The van der Waals surface area contributed by atoms with Gasteiger partial charge in [-0.1, -0.05) is 0 Å². The van der Waals surface area contributed by atoms with Gasteiger partial charge in [-0.2, -0.15) is 0 Å². The van der Waals surface area contributed by atoms with Crippen LogP contribution in [0, 0.1) is 0 Å². The lowest BCUT2D eigenvalue weighted by Crippen LogP contribution is -2.48. The monoisotopic (exact) mass is 257 g/mol. The number of hydrogen-bond acceptors (Lipinski definition) is 4. The SMILES string of the molecule is CC(CCC(C)N1CCNCC1)NCC(C)(C)O. The summed E-state index contributed by atoms with van der Waals surface area (Å²) in [5, 5.41) is 16.5. The lowest BCUT2D eigenvalue weighted by Gasteiger charge is -2.33. The van der Waals surface area contributed by atoms with Crippen LogP contribution < -0.4 is 10.6 Å². The Morgan fingerprint density at radius 3 is 2.39 bits per heavy atom. The molecular formula is C14H31N3O. The van der Waals surface area contributed by atoms with Crippen LogP contribution in [0.3, 0.4) is 0 Å². The Labute approximate surface area is 112 Å². The fraction of sp³-hybridized carbons (Fsp3) is 1.00. The van der Waals surface area contributed by atoms with Gasteiger partial charge in [-0.3, -0.25) is 4.90 Å². The quantitative estimate of drug-likeness (QED) is 0.632. The van der Waals surface area contributed by atoms with E-state index in [1.807, 2.05) is 13.8 Å². The van der Waals surface area contributed by atoms with Gasteiger partial charge in [-0.25, -0.2) is 0 Å². The van der Waals surface area contributed by atoms with Gasteiger partial charge in [0.1, 0.15) is 0 Å². The summed E-state index contributed by atoms with van der Waals surface area (Å²) in [6.45, 7) is 13.5. The number of aliphatic hydroxyl groups is 1. The van der Waals surface area contributed by atoms with Crippen LogP contribution >= 0.6 is 0 Å². The highest BCUT2D eigenvalue weighted by molar-refractivity contribution is 4.76. The molecule has 2 atom stereocenters. The van der Waals surface area contributed by atoms with Gasteiger partial charge in [-0.15, -0.1) is 0 Å². The Bertz CT molecular complexity index is 222. The average Bonchev–Trinajstić information content (AvgIpc) is 2.33. The molecule has 0 bridgehead atoms. The third-order valence-corrected chi connectivity index (χ3v) is 3.68. The largest absolute Gasteiger partial charge is 0.389 e. The van der Waals surface area contributed by atoms with E-state index < -0.39 is 5.60 Å². The van der Waals surface area contributed by atoms with Crippen LogP contribution in [0.4, 0.5) is 0 Å². The van der Waals surface area contributed by atoms with Gasteiger partial charge in [-0.05, 0) is 40.5 Å². The Morgan fingerprint density at radius 1 is 1.22 bits per heavy atom. The van der Waals surface area contributed by atoms with Gasteiger partial charge in [0.05, 0.1) is 5.60 Å². The lowest BCUT2D eigenvalue weighted by atomic mass is 10.1. The van der Waals surface area contributed by atoms with Gasteiger partial charge >= 0.3 is 0 Å². The number of hydrogen-bond donors (Lipinski definition) is 3. The van der Waals surface area contributed by atoms with Crippen molar-refractivity contribution in [1.82, 2.24) is 15.5 Å². The summed E-state index contributed by atoms with van der Waals surface area (Å²) in [4.78, 5) is 2.57. The van der Waals surface area contributed by atoms with Crippen molar-refractivity contribution in [3.63, 3.8) is 0 Å². The molecular weight excluding hydrogens is 226 g/mol. The fourth-order valence-corrected chi connectivity index (χ4v) is 2.32. The zero-order valence-electron chi connectivity index (χ0n) is 12.5. The third kappa shape index (κ3) is 6.69. The van der Waals surface area contributed by atoms with Crippen LogP contribution in [0.1, 0.15) is 40.5 Å².